The molecule has 1 aliphatic rings. The lowest BCUT2D eigenvalue weighted by Gasteiger charge is -2.42. The lowest BCUT2D eigenvalue weighted by Crippen LogP contribution is -2.42. The predicted molar refractivity (Wildman–Crippen MR) is 86.1 cm³/mol. The third-order valence-electron chi connectivity index (χ3n) is 4.56. The molecule has 3 rings (SSSR count). The van der Waals surface area contributed by atoms with Gasteiger partial charge in [-0.2, -0.15) is 5.26 Å². The molecule has 1 atom stereocenters. The summed E-state index contributed by atoms with van der Waals surface area (Å²) in [5.74, 6) is 0. The molecule has 0 saturated carbocycles. The molecule has 0 fully saturated rings. The molecule has 1 aliphatic carbocycles. The van der Waals surface area contributed by atoms with E-state index < -0.39 is 5.54 Å². The van der Waals surface area contributed by atoms with Gasteiger partial charge in [-0.1, -0.05) is 56.3 Å². The first kappa shape index (κ1) is 13.7. The van der Waals surface area contributed by atoms with Crippen molar-refractivity contribution in [2.45, 2.75) is 37.6 Å². The number of benzene rings is 2. The maximum absolute atomic E-state index is 9.91. The average molecular weight is 276 g/mol. The topological polar surface area (TPSA) is 35.8 Å². The first-order valence-electron chi connectivity index (χ1n) is 7.42. The van der Waals surface area contributed by atoms with E-state index in [4.69, 9.17) is 0 Å². The molecule has 1 N–H and O–H groups in total. The van der Waals surface area contributed by atoms with Crippen molar-refractivity contribution in [3.8, 4) is 6.07 Å². The molecule has 0 amide bonds. The van der Waals surface area contributed by atoms with Crippen LogP contribution < -0.4 is 5.32 Å². The molecule has 2 nitrogen and oxygen atoms in total. The van der Waals surface area contributed by atoms with Crippen LogP contribution >= 0.6 is 0 Å². The molecule has 2 heteroatoms. The Morgan fingerprint density at radius 2 is 1.52 bits per heavy atom. The number of anilines is 1. The molecule has 0 aliphatic heterocycles. The number of para-hydroxylation sites is 1. The summed E-state index contributed by atoms with van der Waals surface area (Å²) < 4.78 is 0. The van der Waals surface area contributed by atoms with Crippen molar-refractivity contribution >= 4 is 5.69 Å². The summed E-state index contributed by atoms with van der Waals surface area (Å²) in [7, 11) is 0. The van der Waals surface area contributed by atoms with Crippen molar-refractivity contribution in [2.24, 2.45) is 0 Å². The zero-order valence-electron chi connectivity index (χ0n) is 12.6. The number of fused-ring (bicyclic) bond motifs is 1. The van der Waals surface area contributed by atoms with Gasteiger partial charge in [0, 0.05) is 5.69 Å². The summed E-state index contributed by atoms with van der Waals surface area (Å²) in [6.45, 7) is 4.52. The van der Waals surface area contributed by atoms with E-state index >= 15 is 0 Å². The minimum atomic E-state index is -0.631. The van der Waals surface area contributed by atoms with Crippen molar-refractivity contribution in [3.05, 3.63) is 65.7 Å². The van der Waals surface area contributed by atoms with Gasteiger partial charge in [0.25, 0.3) is 0 Å². The molecule has 0 spiro atoms. The number of nitrogens with zero attached hydrogens (tertiary/aromatic N) is 1. The van der Waals surface area contributed by atoms with E-state index in [1.165, 1.54) is 5.56 Å². The van der Waals surface area contributed by atoms with Crippen LogP contribution in [0.1, 0.15) is 37.8 Å². The molecule has 0 aromatic heterocycles. The summed E-state index contributed by atoms with van der Waals surface area (Å²) in [5.41, 5.74) is 2.88. The van der Waals surface area contributed by atoms with Gasteiger partial charge in [0.15, 0.2) is 5.54 Å². The number of nitrogens with one attached hydrogen (secondary N) is 1. The van der Waals surface area contributed by atoms with Crippen molar-refractivity contribution in [2.75, 3.05) is 5.32 Å². The maximum Gasteiger partial charge on any atom is 0.151 e. The van der Waals surface area contributed by atoms with Crippen LogP contribution in [0.15, 0.2) is 54.6 Å². The molecule has 0 heterocycles. The largest absolute Gasteiger partial charge is 0.364 e. The Balaban J connectivity index is 2.10. The Hall–Kier alpha value is -2.27. The zero-order chi connectivity index (χ0) is 14.9. The van der Waals surface area contributed by atoms with Gasteiger partial charge in [-0.25, -0.2) is 0 Å². The third kappa shape index (κ3) is 2.29. The Morgan fingerprint density at radius 1 is 0.905 bits per heavy atom. The van der Waals surface area contributed by atoms with Crippen LogP contribution in [0.25, 0.3) is 0 Å². The summed E-state index contributed by atoms with van der Waals surface area (Å²) in [4.78, 5) is 0. The van der Waals surface area contributed by atoms with Gasteiger partial charge in [0.1, 0.15) is 0 Å². The number of hydrogen-bond donors (Lipinski definition) is 1. The Morgan fingerprint density at radius 3 is 2.19 bits per heavy atom. The van der Waals surface area contributed by atoms with Crippen molar-refractivity contribution < 1.29 is 0 Å². The normalized spacial score (nSPS) is 22.9. The van der Waals surface area contributed by atoms with E-state index in [2.05, 4.69) is 43.4 Å². The second-order valence-corrected chi connectivity index (χ2v) is 6.44. The second-order valence-electron chi connectivity index (χ2n) is 6.44. The summed E-state index contributed by atoms with van der Waals surface area (Å²) in [6, 6.07) is 20.9. The lowest BCUT2D eigenvalue weighted by molar-refractivity contribution is 0.368. The highest BCUT2D eigenvalue weighted by molar-refractivity contribution is 5.55. The molecular weight excluding hydrogens is 256 g/mol. The molecular formula is C19H20N2. The summed E-state index contributed by atoms with van der Waals surface area (Å²) >= 11 is 0. The molecule has 106 valence electrons. The summed E-state index contributed by atoms with van der Waals surface area (Å²) in [6.07, 6.45) is 1.82. The van der Waals surface area contributed by atoms with E-state index in [-0.39, 0.29) is 5.41 Å². The van der Waals surface area contributed by atoms with Gasteiger partial charge in [0.05, 0.1) is 6.07 Å². The van der Waals surface area contributed by atoms with Crippen LogP contribution in [0.5, 0.6) is 0 Å². The van der Waals surface area contributed by atoms with E-state index in [9.17, 15) is 5.26 Å². The maximum atomic E-state index is 9.91. The van der Waals surface area contributed by atoms with Gasteiger partial charge in [-0.3, -0.25) is 0 Å². The van der Waals surface area contributed by atoms with Gasteiger partial charge in [0.2, 0.25) is 0 Å². The van der Waals surface area contributed by atoms with Gasteiger partial charge in [-0.15, -0.1) is 0 Å². The SMILES string of the molecule is CC1(C)CCC(C#N)(Nc2ccccc2)c2ccccc21. The molecule has 1 unspecified atom stereocenters. The first-order chi connectivity index (χ1) is 10.1. The first-order valence-corrected chi connectivity index (χ1v) is 7.42. The van der Waals surface area contributed by atoms with E-state index in [1.807, 2.05) is 36.4 Å². The zero-order valence-corrected chi connectivity index (χ0v) is 12.6. The smallest absolute Gasteiger partial charge is 0.151 e. The third-order valence-corrected chi connectivity index (χ3v) is 4.56. The van der Waals surface area contributed by atoms with Crippen molar-refractivity contribution in [3.63, 3.8) is 0 Å². The van der Waals surface area contributed by atoms with E-state index in [0.29, 0.717) is 0 Å². The van der Waals surface area contributed by atoms with Gasteiger partial charge in [-0.05, 0) is 41.5 Å². The van der Waals surface area contributed by atoms with E-state index in [0.717, 1.165) is 24.1 Å². The molecule has 0 radical (unpaired) electrons. The van der Waals surface area contributed by atoms with Crippen LogP contribution in [0.3, 0.4) is 0 Å². The Kier molecular flexibility index (Phi) is 3.22. The van der Waals surface area contributed by atoms with Crippen LogP contribution in [0, 0.1) is 11.3 Å². The molecule has 21 heavy (non-hydrogen) atoms. The fourth-order valence-corrected chi connectivity index (χ4v) is 3.26. The minimum Gasteiger partial charge on any atom is -0.364 e. The van der Waals surface area contributed by atoms with Crippen molar-refractivity contribution in [1.82, 2.24) is 0 Å². The Bertz CT molecular complexity index is 682. The Labute approximate surface area is 126 Å². The monoisotopic (exact) mass is 276 g/mol. The fourth-order valence-electron chi connectivity index (χ4n) is 3.26. The minimum absolute atomic E-state index is 0.120. The molecule has 2 aromatic carbocycles. The lowest BCUT2D eigenvalue weighted by atomic mass is 9.66. The van der Waals surface area contributed by atoms with Crippen LogP contribution in [-0.4, -0.2) is 0 Å². The molecule has 0 saturated heterocycles. The van der Waals surface area contributed by atoms with Crippen LogP contribution in [0.2, 0.25) is 0 Å². The van der Waals surface area contributed by atoms with Crippen LogP contribution in [-0.2, 0) is 11.0 Å². The quantitative estimate of drug-likeness (QED) is 0.870. The predicted octanol–water partition coefficient (Wildman–Crippen LogP) is 4.59. The van der Waals surface area contributed by atoms with Gasteiger partial charge >= 0.3 is 0 Å². The average Bonchev–Trinajstić information content (AvgIpc) is 2.52. The van der Waals surface area contributed by atoms with Gasteiger partial charge < -0.3 is 5.32 Å². The molecule has 0 bridgehead atoms. The number of nitriles is 1. The molecule has 2 aromatic rings. The van der Waals surface area contributed by atoms with Crippen molar-refractivity contribution in [1.29, 1.82) is 5.26 Å². The van der Waals surface area contributed by atoms with E-state index in [1.54, 1.807) is 0 Å². The standard InChI is InChI=1S/C19H20N2/c1-18(2)12-13-19(14-20,17-11-7-6-10-16(17)18)21-15-8-4-3-5-9-15/h3-11,21H,12-13H2,1-2H3. The second kappa shape index (κ2) is 4.93. The highest BCUT2D eigenvalue weighted by Crippen LogP contribution is 2.45. The fraction of sp³-hybridized carbons (Fsp3) is 0.316. The van der Waals surface area contributed by atoms with Crippen LogP contribution in [0.4, 0.5) is 5.69 Å². The summed E-state index contributed by atoms with van der Waals surface area (Å²) in [5, 5.41) is 13.4. The number of hydrogen-bond acceptors (Lipinski definition) is 2. The highest BCUT2D eigenvalue weighted by Gasteiger charge is 2.43. The highest BCUT2D eigenvalue weighted by atomic mass is 15.0. The number of rotatable bonds is 2.